The Bertz CT molecular complexity index is 360. The number of benzene rings is 1. The van der Waals surface area contributed by atoms with Gasteiger partial charge in [-0.25, -0.2) is 4.79 Å². The molecule has 0 radical (unpaired) electrons. The van der Waals surface area contributed by atoms with Gasteiger partial charge in [0, 0.05) is 6.42 Å². The normalized spacial score (nSPS) is 10.4. The number of carboxylic acid groups (broad SMARTS) is 1. The third-order valence-electron chi connectivity index (χ3n) is 1.88. The van der Waals surface area contributed by atoms with Crippen LogP contribution in [0.15, 0.2) is 30.3 Å². The van der Waals surface area contributed by atoms with Crippen molar-refractivity contribution in [1.82, 2.24) is 17.6 Å². The zero-order valence-electron chi connectivity index (χ0n) is 9.30. The van der Waals surface area contributed by atoms with Gasteiger partial charge in [-0.2, -0.15) is 0 Å². The number of hydrogen-bond acceptors (Lipinski definition) is 4. The molecule has 0 unspecified atom stereocenters. The molecule has 0 amide bonds. The molecular formula is C10H17N3O2S2. The fourth-order valence-corrected chi connectivity index (χ4v) is 1.50. The molecule has 0 heterocycles. The Hall–Kier alpha value is -1.15. The molecule has 0 bridgehead atoms. The number of thiocarbonyl (C=S) groups is 1. The van der Waals surface area contributed by atoms with E-state index in [0.29, 0.717) is 6.42 Å². The summed E-state index contributed by atoms with van der Waals surface area (Å²) in [5.74, 6) is -0.935. The maximum atomic E-state index is 10.9. The highest BCUT2D eigenvalue weighted by Gasteiger charge is 2.17. The molecule has 1 atom stereocenters. The van der Waals surface area contributed by atoms with Crippen LogP contribution in [-0.4, -0.2) is 21.4 Å². The lowest BCUT2D eigenvalue weighted by atomic mass is 10.1. The Labute approximate surface area is 111 Å². The van der Waals surface area contributed by atoms with E-state index in [4.69, 9.17) is 17.3 Å². The molecule has 0 aliphatic carbocycles. The van der Waals surface area contributed by atoms with Crippen LogP contribution in [0.2, 0.25) is 0 Å². The largest absolute Gasteiger partial charge is 0.480 e. The van der Waals surface area contributed by atoms with E-state index >= 15 is 0 Å². The summed E-state index contributed by atoms with van der Waals surface area (Å²) in [6, 6.07) is 8.65. The van der Waals surface area contributed by atoms with Gasteiger partial charge < -0.3 is 22.7 Å². The van der Waals surface area contributed by atoms with Crippen molar-refractivity contribution < 1.29 is 9.90 Å². The van der Waals surface area contributed by atoms with Crippen molar-refractivity contribution in [3.63, 3.8) is 0 Å². The lowest BCUT2D eigenvalue weighted by molar-refractivity contribution is -0.138. The molecule has 0 aliphatic rings. The topological polar surface area (TPSA) is 119 Å². The van der Waals surface area contributed by atoms with Crippen molar-refractivity contribution in [2.24, 2.45) is 0 Å². The fourth-order valence-electron chi connectivity index (χ4n) is 1.20. The minimum absolute atomic E-state index is 0. The van der Waals surface area contributed by atoms with Crippen molar-refractivity contribution in [3.05, 3.63) is 35.9 Å². The summed E-state index contributed by atoms with van der Waals surface area (Å²) in [6.07, 6.45) is 0.386. The first-order valence-corrected chi connectivity index (χ1v) is 5.21. The summed E-state index contributed by atoms with van der Waals surface area (Å²) >= 11 is 8.55. The van der Waals surface area contributed by atoms with Crippen molar-refractivity contribution in [3.8, 4) is 0 Å². The minimum atomic E-state index is -0.935. The van der Waals surface area contributed by atoms with Crippen LogP contribution in [0.5, 0.6) is 0 Å². The second-order valence-corrected chi connectivity index (χ2v) is 4.19. The number of nitrogens with one attached hydrogen (secondary N) is 1. The number of carboxylic acids is 1. The van der Waals surface area contributed by atoms with E-state index in [1.54, 1.807) is 0 Å². The molecule has 0 fully saturated rings. The van der Waals surface area contributed by atoms with Gasteiger partial charge >= 0.3 is 5.97 Å². The molecule has 1 aromatic rings. The number of thiol groups is 1. The van der Waals surface area contributed by atoms with Gasteiger partial charge in [-0.1, -0.05) is 42.5 Å². The summed E-state index contributed by atoms with van der Waals surface area (Å²) in [5, 5.41) is 11.6. The Balaban J connectivity index is 0. The Kier molecular flexibility index (Phi) is 9.58. The molecule has 0 saturated heterocycles. The van der Waals surface area contributed by atoms with Crippen LogP contribution in [0.25, 0.3) is 0 Å². The maximum Gasteiger partial charge on any atom is 0.326 e. The van der Waals surface area contributed by atoms with Gasteiger partial charge in [0.2, 0.25) is 0 Å². The van der Waals surface area contributed by atoms with Gasteiger partial charge in [-0.05, 0) is 5.56 Å². The van der Waals surface area contributed by atoms with E-state index < -0.39 is 12.0 Å². The predicted octanol–water partition coefficient (Wildman–Crippen LogP) is 1.81. The van der Waals surface area contributed by atoms with E-state index in [0.717, 1.165) is 5.56 Å². The second-order valence-electron chi connectivity index (χ2n) is 3.03. The van der Waals surface area contributed by atoms with E-state index in [9.17, 15) is 4.79 Å². The van der Waals surface area contributed by atoms with Gasteiger partial charge in [-0.15, -0.1) is 12.6 Å². The number of carbonyl (C=O) groups is 1. The average molecular weight is 275 g/mol. The smallest absolute Gasteiger partial charge is 0.326 e. The number of hydrogen-bond donors (Lipinski definition) is 5. The standard InChI is InChI=1S/C10H11NO2S2.2H3N/c12-9(13)8(11-10(14)15)6-7-4-2-1-3-5-7;;/h1-5,8H,6H2,(H,12,13)(H2,11,14,15);2*1H3/t8-;;/m0../s1. The monoisotopic (exact) mass is 275 g/mol. The van der Waals surface area contributed by atoms with Gasteiger partial charge in [0.1, 0.15) is 10.4 Å². The predicted molar refractivity (Wildman–Crippen MR) is 76.3 cm³/mol. The fraction of sp³-hybridized carbons (Fsp3) is 0.200. The SMILES string of the molecule is N.N.O=C(O)[C@H](Cc1ccccc1)NC(=S)S. The van der Waals surface area contributed by atoms with Crippen LogP contribution < -0.4 is 17.6 Å². The zero-order chi connectivity index (χ0) is 11.3. The second kappa shape index (κ2) is 8.94. The van der Waals surface area contributed by atoms with Crippen molar-refractivity contribution in [2.45, 2.75) is 12.5 Å². The molecule has 7 heteroatoms. The molecule has 0 saturated carbocycles. The molecule has 96 valence electrons. The first-order chi connectivity index (χ1) is 7.09. The van der Waals surface area contributed by atoms with E-state index in [2.05, 4.69) is 17.9 Å². The van der Waals surface area contributed by atoms with E-state index in [1.165, 1.54) is 0 Å². The summed E-state index contributed by atoms with van der Waals surface area (Å²) in [5.41, 5.74) is 0.946. The highest BCUT2D eigenvalue weighted by Crippen LogP contribution is 2.03. The van der Waals surface area contributed by atoms with E-state index in [-0.39, 0.29) is 16.6 Å². The zero-order valence-corrected chi connectivity index (χ0v) is 11.0. The first kappa shape index (κ1) is 18.2. The lowest BCUT2D eigenvalue weighted by Gasteiger charge is -2.13. The van der Waals surface area contributed by atoms with Crippen molar-refractivity contribution >= 4 is 35.1 Å². The quantitative estimate of drug-likeness (QED) is 0.422. The lowest BCUT2D eigenvalue weighted by Crippen LogP contribution is -2.39. The third-order valence-corrected chi connectivity index (χ3v) is 2.13. The van der Waals surface area contributed by atoms with Gasteiger partial charge in [0.05, 0.1) is 0 Å². The summed E-state index contributed by atoms with van der Waals surface area (Å²) in [7, 11) is 0. The molecular weight excluding hydrogens is 258 g/mol. The molecule has 17 heavy (non-hydrogen) atoms. The molecule has 0 aromatic heterocycles. The van der Waals surface area contributed by atoms with Gasteiger partial charge in [0.15, 0.2) is 0 Å². The molecule has 0 spiro atoms. The Morgan fingerprint density at radius 1 is 1.35 bits per heavy atom. The Morgan fingerprint density at radius 2 is 1.88 bits per heavy atom. The summed E-state index contributed by atoms with van der Waals surface area (Å²) in [6.45, 7) is 0. The van der Waals surface area contributed by atoms with Crippen LogP contribution in [0.4, 0.5) is 0 Å². The Morgan fingerprint density at radius 3 is 2.29 bits per heavy atom. The van der Waals surface area contributed by atoms with Gasteiger partial charge in [0.25, 0.3) is 0 Å². The van der Waals surface area contributed by atoms with Gasteiger partial charge in [-0.3, -0.25) is 0 Å². The van der Waals surface area contributed by atoms with Crippen molar-refractivity contribution in [2.75, 3.05) is 0 Å². The average Bonchev–Trinajstić information content (AvgIpc) is 2.17. The van der Waals surface area contributed by atoms with Crippen LogP contribution in [-0.2, 0) is 11.2 Å². The third kappa shape index (κ3) is 6.90. The van der Waals surface area contributed by atoms with Crippen LogP contribution in [0, 0.1) is 0 Å². The number of rotatable bonds is 4. The maximum absolute atomic E-state index is 10.9. The molecule has 8 N–H and O–H groups in total. The molecule has 0 aliphatic heterocycles. The number of aliphatic carboxylic acids is 1. The van der Waals surface area contributed by atoms with Crippen LogP contribution in [0.3, 0.4) is 0 Å². The highest BCUT2D eigenvalue weighted by atomic mass is 32.1. The van der Waals surface area contributed by atoms with E-state index in [1.807, 2.05) is 30.3 Å². The summed E-state index contributed by atoms with van der Waals surface area (Å²) < 4.78 is 0.193. The first-order valence-electron chi connectivity index (χ1n) is 4.36. The highest BCUT2D eigenvalue weighted by molar-refractivity contribution is 8.11. The molecule has 5 nitrogen and oxygen atoms in total. The summed E-state index contributed by atoms with van der Waals surface area (Å²) in [4.78, 5) is 10.9. The van der Waals surface area contributed by atoms with Crippen LogP contribution >= 0.6 is 24.8 Å². The van der Waals surface area contributed by atoms with Crippen LogP contribution in [0.1, 0.15) is 5.56 Å². The van der Waals surface area contributed by atoms with Crippen molar-refractivity contribution in [1.29, 1.82) is 0 Å². The molecule has 1 aromatic carbocycles. The molecule has 1 rings (SSSR count). The minimum Gasteiger partial charge on any atom is -0.480 e.